The van der Waals surface area contributed by atoms with Gasteiger partial charge >= 0.3 is 0 Å². The number of carbonyl (C=O) groups is 1. The molecule has 10 heteroatoms. The van der Waals surface area contributed by atoms with Crippen LogP contribution in [0.1, 0.15) is 24.0 Å². The van der Waals surface area contributed by atoms with E-state index in [0.717, 1.165) is 60.6 Å². The predicted molar refractivity (Wildman–Crippen MR) is 152 cm³/mol. The molecule has 1 saturated heterocycles. The molecule has 2 fully saturated rings. The first-order chi connectivity index (χ1) is 19.0. The maximum absolute atomic E-state index is 13.3. The zero-order valence-electron chi connectivity index (χ0n) is 21.8. The lowest BCUT2D eigenvalue weighted by Crippen LogP contribution is -2.45. The van der Waals surface area contributed by atoms with Crippen LogP contribution in [0.15, 0.2) is 69.7 Å². The highest BCUT2D eigenvalue weighted by Gasteiger charge is 2.29. The number of halogens is 1. The molecule has 0 atom stereocenters. The van der Waals surface area contributed by atoms with E-state index in [9.17, 15) is 9.18 Å². The van der Waals surface area contributed by atoms with E-state index in [4.69, 9.17) is 15.0 Å². The Morgan fingerprint density at radius 1 is 1.00 bits per heavy atom. The van der Waals surface area contributed by atoms with Gasteiger partial charge in [0.25, 0.3) is 0 Å². The fraction of sp³-hybridized carbons (Fsp3) is 0.345. The summed E-state index contributed by atoms with van der Waals surface area (Å²) in [5.74, 6) is 2.08. The van der Waals surface area contributed by atoms with Gasteiger partial charge in [0, 0.05) is 43.4 Å². The van der Waals surface area contributed by atoms with Crippen molar-refractivity contribution in [1.29, 1.82) is 0 Å². The van der Waals surface area contributed by atoms with Crippen molar-refractivity contribution in [3.8, 4) is 0 Å². The minimum absolute atomic E-state index is 0.260. The van der Waals surface area contributed by atoms with Crippen LogP contribution in [0.2, 0.25) is 0 Å². The number of aromatic nitrogens is 3. The van der Waals surface area contributed by atoms with Crippen molar-refractivity contribution in [2.75, 3.05) is 50.0 Å². The van der Waals surface area contributed by atoms with E-state index in [2.05, 4.69) is 27.2 Å². The molecule has 1 saturated carbocycles. The summed E-state index contributed by atoms with van der Waals surface area (Å²) in [5.41, 5.74) is 2.97. The van der Waals surface area contributed by atoms with E-state index in [1.807, 2.05) is 30.3 Å². The standard InChI is InChI=1S/C29H30FN7OS/c1-36-12-14-37(15-13-36)28-33-27(32-26-17-22(18-31-26)20-6-8-23(30)9-7-20)34-29(35-28)39-24-10-2-19(3-11-24)16-25(38)21-4-5-21/h2-3,6-11,17,21H,4-5,12-16,18H2,1H3,(H,31,32,33,34,35). The Balaban J connectivity index is 1.20. The van der Waals surface area contributed by atoms with Gasteiger partial charge in [-0.2, -0.15) is 15.0 Å². The Bertz CT molecular complexity index is 1410. The molecule has 200 valence electrons. The molecule has 1 N–H and O–H groups in total. The third-order valence-electron chi connectivity index (χ3n) is 7.12. The van der Waals surface area contributed by atoms with Crippen LogP contribution < -0.4 is 10.2 Å². The summed E-state index contributed by atoms with van der Waals surface area (Å²) >= 11 is 1.47. The minimum Gasteiger partial charge on any atom is -0.338 e. The topological polar surface area (TPSA) is 86.6 Å². The number of aliphatic imine (C=N–C) groups is 1. The van der Waals surface area contributed by atoms with E-state index >= 15 is 0 Å². The van der Waals surface area contributed by atoms with Gasteiger partial charge in [-0.05, 0) is 78.7 Å². The number of nitrogens with zero attached hydrogens (tertiary/aromatic N) is 6. The van der Waals surface area contributed by atoms with Gasteiger partial charge in [0.1, 0.15) is 17.4 Å². The minimum atomic E-state index is -0.260. The quantitative estimate of drug-likeness (QED) is 0.449. The van der Waals surface area contributed by atoms with Gasteiger partial charge in [0.05, 0.1) is 6.54 Å². The Labute approximate surface area is 231 Å². The summed E-state index contributed by atoms with van der Waals surface area (Å²) in [4.78, 5) is 36.4. The lowest BCUT2D eigenvalue weighted by atomic mass is 10.1. The molecule has 2 aliphatic heterocycles. The number of piperazine rings is 1. The fourth-order valence-electron chi connectivity index (χ4n) is 4.58. The van der Waals surface area contributed by atoms with Crippen LogP contribution in [-0.2, 0) is 11.2 Å². The zero-order chi connectivity index (χ0) is 26.8. The van der Waals surface area contributed by atoms with Crippen LogP contribution >= 0.6 is 11.8 Å². The molecule has 2 aromatic carbocycles. The van der Waals surface area contributed by atoms with E-state index in [0.29, 0.717) is 41.6 Å². The molecule has 0 unspecified atom stereocenters. The van der Waals surface area contributed by atoms with Crippen LogP contribution in [0.3, 0.4) is 0 Å². The normalized spacial score (nSPS) is 17.6. The summed E-state index contributed by atoms with van der Waals surface area (Å²) in [6.45, 7) is 4.05. The first-order valence-corrected chi connectivity index (χ1v) is 14.1. The van der Waals surface area contributed by atoms with Crippen LogP contribution in [0.4, 0.5) is 16.3 Å². The monoisotopic (exact) mass is 543 g/mol. The number of hydrogen-bond acceptors (Lipinski definition) is 9. The van der Waals surface area contributed by atoms with Crippen LogP contribution in [-0.4, -0.2) is 71.2 Å². The number of anilines is 2. The first kappa shape index (κ1) is 25.6. The van der Waals surface area contributed by atoms with Crippen molar-refractivity contribution in [2.45, 2.75) is 29.3 Å². The van der Waals surface area contributed by atoms with Gasteiger partial charge in [0.15, 0.2) is 5.16 Å². The summed E-state index contributed by atoms with van der Waals surface area (Å²) in [6, 6.07) is 14.5. The first-order valence-electron chi connectivity index (χ1n) is 13.3. The Kier molecular flexibility index (Phi) is 7.38. The lowest BCUT2D eigenvalue weighted by molar-refractivity contribution is -0.119. The van der Waals surface area contributed by atoms with E-state index in [1.54, 1.807) is 12.1 Å². The second-order valence-electron chi connectivity index (χ2n) is 10.2. The molecule has 0 bridgehead atoms. The van der Waals surface area contributed by atoms with Crippen LogP contribution in [0.25, 0.3) is 5.57 Å². The maximum atomic E-state index is 13.3. The third-order valence-corrected chi connectivity index (χ3v) is 7.99. The number of Topliss-reactive ketones (excluding diaryl/α,β-unsaturated/α-hetero) is 1. The zero-order valence-corrected chi connectivity index (χ0v) is 22.6. The highest BCUT2D eigenvalue weighted by molar-refractivity contribution is 7.99. The molecule has 1 aromatic heterocycles. The van der Waals surface area contributed by atoms with Gasteiger partial charge in [0.2, 0.25) is 11.9 Å². The molecule has 8 nitrogen and oxygen atoms in total. The average Bonchev–Trinajstić information content (AvgIpc) is 3.70. The number of likely N-dealkylation sites (N-methyl/N-ethyl adjacent to an activating group) is 1. The fourth-order valence-corrected chi connectivity index (χ4v) is 5.32. The Morgan fingerprint density at radius 2 is 1.74 bits per heavy atom. The largest absolute Gasteiger partial charge is 0.338 e. The summed E-state index contributed by atoms with van der Waals surface area (Å²) in [7, 11) is 2.12. The summed E-state index contributed by atoms with van der Waals surface area (Å²) in [5, 5.41) is 3.85. The number of rotatable bonds is 8. The van der Waals surface area contributed by atoms with E-state index in [1.165, 1.54) is 23.9 Å². The van der Waals surface area contributed by atoms with Crippen LogP contribution in [0, 0.1) is 11.7 Å². The van der Waals surface area contributed by atoms with Gasteiger partial charge in [-0.15, -0.1) is 0 Å². The van der Waals surface area contributed by atoms with Crippen molar-refractivity contribution in [1.82, 2.24) is 19.9 Å². The molecule has 6 rings (SSSR count). The SMILES string of the molecule is CN1CCN(c2nc(NC3=NCC(c4ccc(F)cc4)=C3)nc(Sc3ccc(CC(=O)C4CC4)cc3)n2)CC1. The molecular formula is C29H30FN7OS. The van der Waals surface area contributed by atoms with E-state index in [-0.39, 0.29) is 11.7 Å². The molecule has 39 heavy (non-hydrogen) atoms. The number of hydrogen-bond donors (Lipinski definition) is 1. The van der Waals surface area contributed by atoms with Gasteiger partial charge in [-0.25, -0.2) is 4.39 Å². The van der Waals surface area contributed by atoms with Gasteiger partial charge < -0.3 is 15.1 Å². The van der Waals surface area contributed by atoms with Crippen molar-refractivity contribution in [2.24, 2.45) is 10.9 Å². The van der Waals surface area contributed by atoms with Crippen molar-refractivity contribution >= 4 is 40.9 Å². The molecule has 1 aliphatic carbocycles. The highest BCUT2D eigenvalue weighted by Crippen LogP contribution is 2.32. The lowest BCUT2D eigenvalue weighted by Gasteiger charge is -2.32. The number of carbonyl (C=O) groups excluding carboxylic acids is 1. The molecule has 0 spiro atoms. The smallest absolute Gasteiger partial charge is 0.234 e. The molecule has 3 aliphatic rings. The predicted octanol–water partition coefficient (Wildman–Crippen LogP) is 4.34. The number of benzene rings is 2. The average molecular weight is 544 g/mol. The van der Waals surface area contributed by atoms with Crippen molar-refractivity contribution < 1.29 is 9.18 Å². The van der Waals surface area contributed by atoms with Gasteiger partial charge in [-0.1, -0.05) is 24.3 Å². The number of ketones is 1. The Hall–Kier alpha value is -3.63. The molecule has 0 radical (unpaired) electrons. The number of amidine groups is 1. The second-order valence-corrected chi connectivity index (χ2v) is 11.2. The Morgan fingerprint density at radius 3 is 2.46 bits per heavy atom. The second kappa shape index (κ2) is 11.2. The summed E-state index contributed by atoms with van der Waals surface area (Å²) < 4.78 is 13.3. The third kappa shape index (κ3) is 6.51. The van der Waals surface area contributed by atoms with Crippen LogP contribution in [0.5, 0.6) is 0 Å². The van der Waals surface area contributed by atoms with Gasteiger partial charge in [-0.3, -0.25) is 9.79 Å². The molecule has 3 aromatic rings. The van der Waals surface area contributed by atoms with Crippen molar-refractivity contribution in [3.63, 3.8) is 0 Å². The molecule has 0 amide bonds. The van der Waals surface area contributed by atoms with E-state index < -0.39 is 0 Å². The highest BCUT2D eigenvalue weighted by atomic mass is 32.2. The number of nitrogens with one attached hydrogen (secondary N) is 1. The van der Waals surface area contributed by atoms with Crippen molar-refractivity contribution in [3.05, 3.63) is 71.6 Å². The summed E-state index contributed by atoms with van der Waals surface area (Å²) in [6.07, 6.45) is 4.52. The molecular weight excluding hydrogens is 513 g/mol. The maximum Gasteiger partial charge on any atom is 0.234 e. The molecule has 3 heterocycles.